The highest BCUT2D eigenvalue weighted by atomic mass is 16.4. The first-order valence-corrected chi connectivity index (χ1v) is 12.4. The minimum atomic E-state index is -1.11. The van der Waals surface area contributed by atoms with Gasteiger partial charge in [-0.3, -0.25) is 14.8 Å². The Morgan fingerprint density at radius 2 is 1.81 bits per heavy atom. The van der Waals surface area contributed by atoms with Gasteiger partial charge in [-0.05, 0) is 69.2 Å². The number of nitrogens with one attached hydrogen (secondary N) is 1. The molecule has 1 amide bonds. The lowest BCUT2D eigenvalue weighted by Gasteiger charge is -2.32. The molecule has 9 nitrogen and oxygen atoms in total. The zero-order chi connectivity index (χ0) is 25.4. The standard InChI is InChI=1S/C27H30N6O3/c1-16(2)33(26(34)19-6-4-17(3)5-7-19)25-23(27(35)36)15-32(31-25)22-10-8-18(9-11-22)20-12-21-14-29-30-24(21)28-13-20/h8-17,19H,4-7H2,1-3H3,(H,35,36)(H,28,29,30). The lowest BCUT2D eigenvalue weighted by molar-refractivity contribution is -0.124. The number of amides is 1. The number of hydrogen-bond donors (Lipinski definition) is 2. The van der Waals surface area contributed by atoms with Crippen molar-refractivity contribution in [2.24, 2.45) is 11.8 Å². The molecule has 2 N–H and O–H groups in total. The molecule has 36 heavy (non-hydrogen) atoms. The predicted molar refractivity (Wildman–Crippen MR) is 137 cm³/mol. The van der Waals surface area contributed by atoms with Crippen molar-refractivity contribution >= 4 is 28.7 Å². The van der Waals surface area contributed by atoms with Gasteiger partial charge in [0.05, 0.1) is 11.9 Å². The first-order chi connectivity index (χ1) is 17.3. The zero-order valence-corrected chi connectivity index (χ0v) is 20.7. The van der Waals surface area contributed by atoms with E-state index in [0.717, 1.165) is 47.8 Å². The van der Waals surface area contributed by atoms with Crippen LogP contribution in [0, 0.1) is 11.8 Å². The minimum Gasteiger partial charge on any atom is -0.477 e. The second kappa shape index (κ2) is 9.56. The number of rotatable bonds is 6. The van der Waals surface area contributed by atoms with Gasteiger partial charge < -0.3 is 5.11 Å². The highest BCUT2D eigenvalue weighted by molar-refractivity contribution is 6.01. The largest absolute Gasteiger partial charge is 0.477 e. The van der Waals surface area contributed by atoms with Gasteiger partial charge in [0.2, 0.25) is 5.91 Å². The number of aromatic carboxylic acids is 1. The molecule has 3 heterocycles. The number of anilines is 1. The number of carbonyl (C=O) groups is 2. The average Bonchev–Trinajstić information content (AvgIpc) is 3.51. The van der Waals surface area contributed by atoms with Crippen LogP contribution in [0.25, 0.3) is 27.8 Å². The van der Waals surface area contributed by atoms with Crippen LogP contribution >= 0.6 is 0 Å². The Morgan fingerprint density at radius 3 is 2.47 bits per heavy atom. The van der Waals surface area contributed by atoms with Crippen molar-refractivity contribution < 1.29 is 14.7 Å². The smallest absolute Gasteiger partial charge is 0.341 e. The number of pyridine rings is 1. The Labute approximate surface area is 209 Å². The second-order valence-electron chi connectivity index (χ2n) is 9.95. The summed E-state index contributed by atoms with van der Waals surface area (Å²) < 4.78 is 1.53. The molecule has 1 saturated carbocycles. The number of carboxylic acids is 1. The molecule has 0 radical (unpaired) electrons. The van der Waals surface area contributed by atoms with E-state index >= 15 is 0 Å². The van der Waals surface area contributed by atoms with E-state index < -0.39 is 5.97 Å². The summed E-state index contributed by atoms with van der Waals surface area (Å²) in [5.74, 6) is -0.434. The van der Waals surface area contributed by atoms with E-state index in [4.69, 9.17) is 0 Å². The molecular weight excluding hydrogens is 456 g/mol. The molecular formula is C27H30N6O3. The molecule has 1 aliphatic carbocycles. The first-order valence-electron chi connectivity index (χ1n) is 12.4. The summed E-state index contributed by atoms with van der Waals surface area (Å²) in [5.41, 5.74) is 3.35. The van der Waals surface area contributed by atoms with Crippen LogP contribution in [-0.4, -0.2) is 48.0 Å². The lowest BCUT2D eigenvalue weighted by atomic mass is 9.82. The number of carboxylic acid groups (broad SMARTS) is 1. The molecule has 1 fully saturated rings. The van der Waals surface area contributed by atoms with Crippen LogP contribution in [-0.2, 0) is 4.79 Å². The second-order valence-corrected chi connectivity index (χ2v) is 9.95. The van der Waals surface area contributed by atoms with Crippen LogP contribution in [0.1, 0.15) is 56.8 Å². The Morgan fingerprint density at radius 1 is 1.08 bits per heavy atom. The maximum atomic E-state index is 13.5. The molecule has 1 aromatic carbocycles. The number of carbonyl (C=O) groups excluding carboxylic acids is 1. The molecule has 186 valence electrons. The molecule has 0 aliphatic heterocycles. The number of benzene rings is 1. The topological polar surface area (TPSA) is 117 Å². The van der Waals surface area contributed by atoms with Gasteiger partial charge in [-0.2, -0.15) is 5.10 Å². The monoisotopic (exact) mass is 486 g/mol. The number of fused-ring (bicyclic) bond motifs is 1. The van der Waals surface area contributed by atoms with Crippen LogP contribution in [0.2, 0.25) is 0 Å². The number of aromatic nitrogens is 5. The zero-order valence-electron chi connectivity index (χ0n) is 20.7. The molecule has 0 atom stereocenters. The van der Waals surface area contributed by atoms with E-state index in [9.17, 15) is 14.7 Å². The van der Waals surface area contributed by atoms with Crippen molar-refractivity contribution in [3.05, 3.63) is 54.5 Å². The van der Waals surface area contributed by atoms with Crippen molar-refractivity contribution in [1.29, 1.82) is 0 Å². The van der Waals surface area contributed by atoms with Gasteiger partial charge >= 0.3 is 5.97 Å². The fourth-order valence-corrected chi connectivity index (χ4v) is 4.93. The summed E-state index contributed by atoms with van der Waals surface area (Å²) >= 11 is 0. The molecule has 0 unspecified atom stereocenters. The summed E-state index contributed by atoms with van der Waals surface area (Å²) in [6, 6.07) is 9.42. The van der Waals surface area contributed by atoms with E-state index in [0.29, 0.717) is 11.6 Å². The van der Waals surface area contributed by atoms with Crippen LogP contribution in [0.3, 0.4) is 0 Å². The van der Waals surface area contributed by atoms with Crippen LogP contribution in [0.15, 0.2) is 48.9 Å². The van der Waals surface area contributed by atoms with Gasteiger partial charge in [-0.15, -0.1) is 5.10 Å². The minimum absolute atomic E-state index is 0.0138. The number of nitrogens with zero attached hydrogens (tertiary/aromatic N) is 5. The Hall–Kier alpha value is -4.01. The maximum Gasteiger partial charge on any atom is 0.341 e. The molecule has 9 heteroatoms. The van der Waals surface area contributed by atoms with Gasteiger partial charge in [0.15, 0.2) is 11.5 Å². The van der Waals surface area contributed by atoms with Crippen molar-refractivity contribution in [3.63, 3.8) is 0 Å². The van der Waals surface area contributed by atoms with E-state index in [1.807, 2.05) is 44.2 Å². The highest BCUT2D eigenvalue weighted by Crippen LogP contribution is 2.33. The molecule has 4 aromatic rings. The molecule has 3 aromatic heterocycles. The fraction of sp³-hybridized carbons (Fsp3) is 0.370. The van der Waals surface area contributed by atoms with Crippen molar-refractivity contribution in [2.75, 3.05) is 4.90 Å². The number of hydrogen-bond acceptors (Lipinski definition) is 5. The summed E-state index contributed by atoms with van der Waals surface area (Å²) in [6.07, 6.45) is 8.67. The Bertz CT molecular complexity index is 1400. The highest BCUT2D eigenvalue weighted by Gasteiger charge is 2.34. The van der Waals surface area contributed by atoms with E-state index in [-0.39, 0.29) is 29.2 Å². The normalized spacial score (nSPS) is 18.0. The Kier molecular flexibility index (Phi) is 6.30. The summed E-state index contributed by atoms with van der Waals surface area (Å²) in [7, 11) is 0. The van der Waals surface area contributed by atoms with Gasteiger partial charge in [0.1, 0.15) is 5.56 Å². The summed E-state index contributed by atoms with van der Waals surface area (Å²) in [5, 5.41) is 22.3. The summed E-state index contributed by atoms with van der Waals surface area (Å²) in [6.45, 7) is 6.00. The van der Waals surface area contributed by atoms with Gasteiger partial charge in [0.25, 0.3) is 0 Å². The van der Waals surface area contributed by atoms with Crippen LogP contribution in [0.4, 0.5) is 5.82 Å². The third kappa shape index (κ3) is 4.48. The third-order valence-corrected chi connectivity index (χ3v) is 7.03. The van der Waals surface area contributed by atoms with Crippen molar-refractivity contribution in [2.45, 2.75) is 52.5 Å². The molecule has 0 bridgehead atoms. The number of H-pyrrole nitrogens is 1. The maximum absolute atomic E-state index is 13.5. The van der Waals surface area contributed by atoms with Gasteiger partial charge in [-0.25, -0.2) is 14.5 Å². The van der Waals surface area contributed by atoms with Crippen LogP contribution in [0.5, 0.6) is 0 Å². The number of aromatic amines is 1. The molecule has 0 spiro atoms. The first kappa shape index (κ1) is 23.7. The van der Waals surface area contributed by atoms with Crippen LogP contribution < -0.4 is 4.90 Å². The molecule has 1 aliphatic rings. The van der Waals surface area contributed by atoms with Gasteiger partial charge in [-0.1, -0.05) is 19.1 Å². The van der Waals surface area contributed by atoms with E-state index in [1.54, 1.807) is 17.3 Å². The van der Waals surface area contributed by atoms with E-state index in [2.05, 4.69) is 27.2 Å². The fourth-order valence-electron chi connectivity index (χ4n) is 4.93. The Balaban J connectivity index is 1.46. The summed E-state index contributed by atoms with van der Waals surface area (Å²) in [4.78, 5) is 31.6. The molecule has 5 rings (SSSR count). The van der Waals surface area contributed by atoms with Crippen molar-refractivity contribution in [3.8, 4) is 16.8 Å². The SMILES string of the molecule is CC1CCC(C(=O)N(c2nn(-c3ccc(-c4cnc5[nH]ncc5c4)cc3)cc2C(=O)O)C(C)C)CC1. The van der Waals surface area contributed by atoms with Crippen molar-refractivity contribution in [1.82, 2.24) is 25.0 Å². The average molecular weight is 487 g/mol. The molecule has 0 saturated heterocycles. The quantitative estimate of drug-likeness (QED) is 0.393. The third-order valence-electron chi connectivity index (χ3n) is 7.03. The van der Waals surface area contributed by atoms with Gasteiger partial charge in [0, 0.05) is 35.3 Å². The predicted octanol–water partition coefficient (Wildman–Crippen LogP) is 5.08. The van der Waals surface area contributed by atoms with E-state index in [1.165, 1.54) is 10.9 Å². The lowest BCUT2D eigenvalue weighted by Crippen LogP contribution is -2.43.